The molecule has 3 nitrogen and oxygen atoms in total. The predicted molar refractivity (Wildman–Crippen MR) is 80.2 cm³/mol. The summed E-state index contributed by atoms with van der Waals surface area (Å²) < 4.78 is 13.1. The normalized spacial score (nSPS) is 10.9. The van der Waals surface area contributed by atoms with Gasteiger partial charge < -0.3 is 4.90 Å². The Bertz CT molecular complexity index is 584. The van der Waals surface area contributed by atoms with Crippen molar-refractivity contribution in [2.75, 3.05) is 11.4 Å². The molecule has 0 saturated carbocycles. The van der Waals surface area contributed by atoms with Gasteiger partial charge in [-0.25, -0.2) is 14.4 Å². The van der Waals surface area contributed by atoms with Gasteiger partial charge in [0.1, 0.15) is 23.1 Å². The highest BCUT2D eigenvalue weighted by Crippen LogP contribution is 2.34. The van der Waals surface area contributed by atoms with Gasteiger partial charge in [0.05, 0.1) is 0 Å². The van der Waals surface area contributed by atoms with E-state index in [-0.39, 0.29) is 11.7 Å². The monoisotopic (exact) mass is 293 g/mol. The summed E-state index contributed by atoms with van der Waals surface area (Å²) >= 11 is 6.20. The standard InChI is InChI=1S/C15H17ClFN3/c1-4-20(12-7-5-11(17)6-8-12)15-13(10(2)3)14(16)18-9-19-15/h5-10H,4H2,1-3H3. The molecule has 0 fully saturated rings. The van der Waals surface area contributed by atoms with Crippen LogP contribution in [0.25, 0.3) is 0 Å². The topological polar surface area (TPSA) is 29.0 Å². The van der Waals surface area contributed by atoms with E-state index >= 15 is 0 Å². The Morgan fingerprint density at radius 2 is 1.85 bits per heavy atom. The third-order valence-corrected chi connectivity index (χ3v) is 3.40. The van der Waals surface area contributed by atoms with Gasteiger partial charge >= 0.3 is 0 Å². The first-order valence-corrected chi connectivity index (χ1v) is 6.95. The van der Waals surface area contributed by atoms with Crippen molar-refractivity contribution in [2.24, 2.45) is 0 Å². The fourth-order valence-electron chi connectivity index (χ4n) is 2.15. The SMILES string of the molecule is CCN(c1ccc(F)cc1)c1ncnc(Cl)c1C(C)C. The van der Waals surface area contributed by atoms with Crippen molar-refractivity contribution in [1.29, 1.82) is 0 Å². The highest BCUT2D eigenvalue weighted by atomic mass is 35.5. The number of aromatic nitrogens is 2. The molecule has 0 aliphatic rings. The van der Waals surface area contributed by atoms with Gasteiger partial charge in [-0.1, -0.05) is 25.4 Å². The lowest BCUT2D eigenvalue weighted by molar-refractivity contribution is 0.627. The Morgan fingerprint density at radius 3 is 2.40 bits per heavy atom. The molecule has 0 unspecified atom stereocenters. The molecule has 0 atom stereocenters. The maximum absolute atomic E-state index is 13.1. The minimum atomic E-state index is -0.255. The van der Waals surface area contributed by atoms with Crippen LogP contribution in [0.4, 0.5) is 15.9 Å². The largest absolute Gasteiger partial charge is 0.326 e. The predicted octanol–water partition coefficient (Wildman–Crippen LogP) is 4.55. The molecular formula is C15H17ClFN3. The summed E-state index contributed by atoms with van der Waals surface area (Å²) in [6.45, 7) is 6.82. The van der Waals surface area contributed by atoms with Crippen LogP contribution < -0.4 is 4.90 Å². The zero-order chi connectivity index (χ0) is 14.7. The summed E-state index contributed by atoms with van der Waals surface area (Å²) in [5, 5.41) is 0.463. The average Bonchev–Trinajstić information content (AvgIpc) is 2.41. The van der Waals surface area contributed by atoms with Crippen LogP contribution in [0.3, 0.4) is 0 Å². The van der Waals surface area contributed by atoms with Crippen LogP contribution in [0.1, 0.15) is 32.3 Å². The fraction of sp³-hybridized carbons (Fsp3) is 0.333. The number of rotatable bonds is 4. The molecule has 1 heterocycles. The first-order valence-electron chi connectivity index (χ1n) is 6.58. The maximum atomic E-state index is 13.1. The maximum Gasteiger partial charge on any atom is 0.141 e. The van der Waals surface area contributed by atoms with Crippen molar-refractivity contribution in [2.45, 2.75) is 26.7 Å². The summed E-state index contributed by atoms with van der Waals surface area (Å²) in [5.41, 5.74) is 1.78. The van der Waals surface area contributed by atoms with E-state index in [4.69, 9.17) is 11.6 Å². The summed E-state index contributed by atoms with van der Waals surface area (Å²) in [6, 6.07) is 6.35. The highest BCUT2D eigenvalue weighted by Gasteiger charge is 2.19. The quantitative estimate of drug-likeness (QED) is 0.774. The van der Waals surface area contributed by atoms with E-state index in [9.17, 15) is 4.39 Å². The molecule has 0 aliphatic heterocycles. The van der Waals surface area contributed by atoms with E-state index in [0.717, 1.165) is 17.1 Å². The van der Waals surface area contributed by atoms with Crippen molar-refractivity contribution in [3.8, 4) is 0 Å². The van der Waals surface area contributed by atoms with E-state index in [1.54, 1.807) is 12.1 Å². The van der Waals surface area contributed by atoms with Crippen LogP contribution in [0.5, 0.6) is 0 Å². The van der Waals surface area contributed by atoms with Crippen LogP contribution >= 0.6 is 11.6 Å². The fourth-order valence-corrected chi connectivity index (χ4v) is 2.50. The lowest BCUT2D eigenvalue weighted by Gasteiger charge is -2.26. The lowest BCUT2D eigenvalue weighted by Crippen LogP contribution is -2.20. The minimum absolute atomic E-state index is 0.202. The van der Waals surface area contributed by atoms with Crippen LogP contribution in [-0.4, -0.2) is 16.5 Å². The summed E-state index contributed by atoms with van der Waals surface area (Å²) in [4.78, 5) is 10.4. The van der Waals surface area contributed by atoms with Crippen LogP contribution in [-0.2, 0) is 0 Å². The number of anilines is 2. The summed E-state index contributed by atoms with van der Waals surface area (Å²) in [5.74, 6) is 0.719. The van der Waals surface area contributed by atoms with Crippen molar-refractivity contribution >= 4 is 23.1 Å². The second-order valence-corrected chi connectivity index (χ2v) is 5.14. The third-order valence-electron chi connectivity index (χ3n) is 3.10. The van der Waals surface area contributed by atoms with E-state index in [0.29, 0.717) is 11.7 Å². The molecule has 0 amide bonds. The van der Waals surface area contributed by atoms with Crippen LogP contribution in [0, 0.1) is 5.82 Å². The Morgan fingerprint density at radius 1 is 1.20 bits per heavy atom. The minimum Gasteiger partial charge on any atom is -0.326 e. The molecule has 1 aromatic heterocycles. The van der Waals surface area contributed by atoms with Crippen molar-refractivity contribution < 1.29 is 4.39 Å². The first kappa shape index (κ1) is 14.7. The van der Waals surface area contributed by atoms with Gasteiger partial charge in [0.2, 0.25) is 0 Å². The molecular weight excluding hydrogens is 277 g/mol. The number of hydrogen-bond donors (Lipinski definition) is 0. The highest BCUT2D eigenvalue weighted by molar-refractivity contribution is 6.30. The van der Waals surface area contributed by atoms with Crippen LogP contribution in [0.15, 0.2) is 30.6 Å². The second kappa shape index (κ2) is 6.18. The Kier molecular flexibility index (Phi) is 4.55. The Balaban J connectivity index is 2.52. The Hall–Kier alpha value is -1.68. The molecule has 0 saturated heterocycles. The summed E-state index contributed by atoms with van der Waals surface area (Å²) in [7, 11) is 0. The van der Waals surface area contributed by atoms with Gasteiger partial charge in [0, 0.05) is 17.8 Å². The van der Waals surface area contributed by atoms with Crippen molar-refractivity contribution in [3.63, 3.8) is 0 Å². The van der Waals surface area contributed by atoms with Crippen molar-refractivity contribution in [3.05, 3.63) is 47.1 Å². The Labute approximate surface area is 123 Å². The van der Waals surface area contributed by atoms with E-state index in [1.807, 2.05) is 25.7 Å². The van der Waals surface area contributed by atoms with E-state index in [2.05, 4.69) is 9.97 Å². The van der Waals surface area contributed by atoms with Gasteiger partial charge in [-0.3, -0.25) is 0 Å². The average molecular weight is 294 g/mol. The molecule has 106 valence electrons. The first-order chi connectivity index (χ1) is 9.54. The van der Waals surface area contributed by atoms with Crippen LogP contribution in [0.2, 0.25) is 5.15 Å². The number of hydrogen-bond acceptors (Lipinski definition) is 3. The van der Waals surface area contributed by atoms with E-state index < -0.39 is 0 Å². The number of halogens is 2. The molecule has 20 heavy (non-hydrogen) atoms. The van der Waals surface area contributed by atoms with Gasteiger partial charge in [-0.15, -0.1) is 0 Å². The zero-order valence-electron chi connectivity index (χ0n) is 11.8. The molecule has 0 radical (unpaired) electrons. The van der Waals surface area contributed by atoms with Gasteiger partial charge in [-0.2, -0.15) is 0 Å². The van der Waals surface area contributed by atoms with Gasteiger partial charge in [0.25, 0.3) is 0 Å². The molecule has 2 rings (SSSR count). The molecule has 0 N–H and O–H groups in total. The number of nitrogens with zero attached hydrogens (tertiary/aromatic N) is 3. The molecule has 0 aliphatic carbocycles. The van der Waals surface area contributed by atoms with Gasteiger partial charge in [0.15, 0.2) is 0 Å². The van der Waals surface area contributed by atoms with Gasteiger partial charge in [-0.05, 0) is 37.1 Å². The van der Waals surface area contributed by atoms with E-state index in [1.165, 1.54) is 18.5 Å². The molecule has 2 aromatic rings. The third kappa shape index (κ3) is 2.90. The molecule has 1 aromatic carbocycles. The van der Waals surface area contributed by atoms with Crippen molar-refractivity contribution in [1.82, 2.24) is 9.97 Å². The molecule has 0 spiro atoms. The molecule has 0 bridgehead atoms. The number of benzene rings is 1. The lowest BCUT2D eigenvalue weighted by atomic mass is 10.1. The summed E-state index contributed by atoms with van der Waals surface area (Å²) in [6.07, 6.45) is 1.45. The zero-order valence-corrected chi connectivity index (χ0v) is 12.5. The smallest absolute Gasteiger partial charge is 0.141 e. The second-order valence-electron chi connectivity index (χ2n) is 4.78. The molecule has 5 heteroatoms.